The van der Waals surface area contributed by atoms with Crippen molar-refractivity contribution in [2.24, 2.45) is 0 Å². The van der Waals surface area contributed by atoms with Gasteiger partial charge in [0.25, 0.3) is 0 Å². The molecule has 1 aromatic rings. The number of benzene rings is 1. The van der Waals surface area contributed by atoms with Crippen LogP contribution in [0.4, 0.5) is 5.69 Å². The van der Waals surface area contributed by atoms with Crippen LogP contribution in [0.15, 0.2) is 12.1 Å². The van der Waals surface area contributed by atoms with E-state index >= 15 is 0 Å². The zero-order valence-electron chi connectivity index (χ0n) is 11.6. The second kappa shape index (κ2) is 6.85. The molecular weight excluding hydrogens is 266 g/mol. The first-order valence-electron chi connectivity index (χ1n) is 6.09. The zero-order valence-corrected chi connectivity index (χ0v) is 11.6. The number of carboxylic acid groups (broad SMARTS) is 1. The van der Waals surface area contributed by atoms with Crippen molar-refractivity contribution < 1.29 is 24.3 Å². The Morgan fingerprint density at radius 1 is 1.45 bits per heavy atom. The van der Waals surface area contributed by atoms with Crippen LogP contribution in [0.1, 0.15) is 18.1 Å². The second-order valence-electron chi connectivity index (χ2n) is 4.28. The molecule has 0 aliphatic carbocycles. The summed E-state index contributed by atoms with van der Waals surface area (Å²) in [4.78, 5) is 21.4. The van der Waals surface area contributed by atoms with E-state index in [2.05, 4.69) is 0 Å². The molecule has 0 spiro atoms. The Morgan fingerprint density at radius 3 is 2.60 bits per heavy atom. The Morgan fingerprint density at radius 2 is 2.10 bits per heavy atom. The van der Waals surface area contributed by atoms with Crippen LogP contribution >= 0.6 is 0 Å². The van der Waals surface area contributed by atoms with Gasteiger partial charge in [0.2, 0.25) is 0 Å². The number of hydrogen-bond acceptors (Lipinski definition) is 5. The summed E-state index contributed by atoms with van der Waals surface area (Å²) < 4.78 is 10.3. The molecule has 7 heteroatoms. The predicted octanol–water partition coefficient (Wildman–Crippen LogP) is 2.08. The van der Waals surface area contributed by atoms with Crippen LogP contribution in [0.2, 0.25) is 0 Å². The summed E-state index contributed by atoms with van der Waals surface area (Å²) in [5.41, 5.74) is 1.14. The van der Waals surface area contributed by atoms with Gasteiger partial charge in [-0.05, 0) is 31.9 Å². The Labute approximate surface area is 116 Å². The van der Waals surface area contributed by atoms with Gasteiger partial charge in [-0.25, -0.2) is 4.79 Å². The van der Waals surface area contributed by atoms with E-state index in [4.69, 9.17) is 14.6 Å². The van der Waals surface area contributed by atoms with Crippen LogP contribution in [-0.2, 0) is 9.53 Å². The van der Waals surface area contributed by atoms with Gasteiger partial charge in [0.05, 0.1) is 4.92 Å². The molecule has 0 bridgehead atoms. The van der Waals surface area contributed by atoms with Gasteiger partial charge in [0.15, 0.2) is 11.9 Å². The molecule has 0 radical (unpaired) electrons. The van der Waals surface area contributed by atoms with Crippen molar-refractivity contribution in [2.75, 3.05) is 13.2 Å². The van der Waals surface area contributed by atoms with Crippen molar-refractivity contribution in [3.8, 4) is 5.75 Å². The maximum Gasteiger partial charge on any atom is 0.336 e. The Kier molecular flexibility index (Phi) is 5.45. The van der Waals surface area contributed by atoms with Crippen molar-refractivity contribution in [1.82, 2.24) is 0 Å². The number of aryl methyl sites for hydroxylation is 2. The van der Waals surface area contributed by atoms with E-state index in [1.807, 2.05) is 0 Å². The quantitative estimate of drug-likeness (QED) is 0.607. The lowest BCUT2D eigenvalue weighted by Crippen LogP contribution is -2.30. The molecule has 0 saturated carbocycles. The van der Waals surface area contributed by atoms with Gasteiger partial charge < -0.3 is 14.6 Å². The molecule has 1 rings (SSSR count). The second-order valence-corrected chi connectivity index (χ2v) is 4.28. The number of rotatable bonds is 7. The van der Waals surface area contributed by atoms with Crippen LogP contribution in [0.3, 0.4) is 0 Å². The average Bonchev–Trinajstić information content (AvgIpc) is 2.34. The van der Waals surface area contributed by atoms with Gasteiger partial charge in [0.1, 0.15) is 6.61 Å². The number of nitrogens with zero attached hydrogens (tertiary/aromatic N) is 1. The number of aliphatic carboxylic acids is 1. The van der Waals surface area contributed by atoms with E-state index in [1.165, 1.54) is 6.07 Å². The number of carboxylic acids is 1. The standard InChI is InChI=1S/C13H17NO6/c1-4-19-11(13(15)16)7-20-12-9(3)5-8(2)6-10(12)14(17)18/h5-6,11H,4,7H2,1-3H3,(H,15,16). The maximum absolute atomic E-state index is 11.0. The average molecular weight is 283 g/mol. The molecule has 0 saturated heterocycles. The molecule has 0 aliphatic rings. The zero-order chi connectivity index (χ0) is 15.3. The van der Waals surface area contributed by atoms with Crippen LogP contribution in [0, 0.1) is 24.0 Å². The van der Waals surface area contributed by atoms with Crippen LogP contribution in [0.5, 0.6) is 5.75 Å². The number of carbonyl (C=O) groups is 1. The molecule has 0 amide bonds. The van der Waals surface area contributed by atoms with Crippen molar-refractivity contribution in [3.63, 3.8) is 0 Å². The molecule has 0 aliphatic heterocycles. The minimum absolute atomic E-state index is 0.0755. The highest BCUT2D eigenvalue weighted by Crippen LogP contribution is 2.32. The summed E-state index contributed by atoms with van der Waals surface area (Å²) in [6, 6.07) is 3.12. The highest BCUT2D eigenvalue weighted by molar-refractivity contribution is 5.72. The van der Waals surface area contributed by atoms with Crippen molar-refractivity contribution in [3.05, 3.63) is 33.4 Å². The summed E-state index contributed by atoms with van der Waals surface area (Å²) in [6.45, 7) is 5.01. The smallest absolute Gasteiger partial charge is 0.336 e. The maximum atomic E-state index is 11.0. The van der Waals surface area contributed by atoms with E-state index in [0.717, 1.165) is 5.56 Å². The van der Waals surface area contributed by atoms with Crippen LogP contribution in [0.25, 0.3) is 0 Å². The number of hydrogen-bond donors (Lipinski definition) is 1. The number of nitro groups is 1. The van der Waals surface area contributed by atoms with E-state index < -0.39 is 17.0 Å². The SMILES string of the molecule is CCOC(COc1c(C)cc(C)cc1[N+](=O)[O-])C(=O)O. The molecule has 0 fully saturated rings. The van der Waals surface area contributed by atoms with Gasteiger partial charge in [-0.15, -0.1) is 0 Å². The molecule has 110 valence electrons. The Hall–Kier alpha value is -2.15. The lowest BCUT2D eigenvalue weighted by molar-refractivity contribution is -0.386. The fraction of sp³-hybridized carbons (Fsp3) is 0.462. The van der Waals surface area contributed by atoms with Gasteiger partial charge in [-0.1, -0.05) is 6.07 Å². The third-order valence-corrected chi connectivity index (χ3v) is 2.62. The lowest BCUT2D eigenvalue weighted by Gasteiger charge is -2.15. The lowest BCUT2D eigenvalue weighted by atomic mass is 10.1. The van der Waals surface area contributed by atoms with E-state index in [9.17, 15) is 14.9 Å². The monoisotopic (exact) mass is 283 g/mol. The van der Waals surface area contributed by atoms with Crippen LogP contribution < -0.4 is 4.74 Å². The molecule has 7 nitrogen and oxygen atoms in total. The van der Waals surface area contributed by atoms with E-state index in [1.54, 1.807) is 26.8 Å². The number of ether oxygens (including phenoxy) is 2. The summed E-state index contributed by atoms with van der Waals surface area (Å²) in [7, 11) is 0. The highest BCUT2D eigenvalue weighted by Gasteiger charge is 2.23. The Balaban J connectivity index is 2.97. The first-order valence-corrected chi connectivity index (χ1v) is 6.09. The first-order chi connectivity index (χ1) is 9.36. The molecular formula is C13H17NO6. The summed E-state index contributed by atoms with van der Waals surface area (Å²) in [5.74, 6) is -1.09. The highest BCUT2D eigenvalue weighted by atomic mass is 16.6. The van der Waals surface area contributed by atoms with Gasteiger partial charge >= 0.3 is 11.7 Å². The van der Waals surface area contributed by atoms with E-state index in [-0.39, 0.29) is 24.7 Å². The van der Waals surface area contributed by atoms with Crippen molar-refractivity contribution in [1.29, 1.82) is 0 Å². The van der Waals surface area contributed by atoms with Gasteiger partial charge in [-0.3, -0.25) is 10.1 Å². The third kappa shape index (κ3) is 3.92. The molecule has 0 aromatic heterocycles. The third-order valence-electron chi connectivity index (χ3n) is 2.62. The molecule has 1 N–H and O–H groups in total. The van der Waals surface area contributed by atoms with Gasteiger partial charge in [-0.2, -0.15) is 0 Å². The Bertz CT molecular complexity index is 514. The fourth-order valence-electron chi connectivity index (χ4n) is 1.81. The minimum Gasteiger partial charge on any atom is -0.483 e. The largest absolute Gasteiger partial charge is 0.483 e. The minimum atomic E-state index is -1.17. The summed E-state index contributed by atoms with van der Waals surface area (Å²) in [5, 5.41) is 19.9. The normalized spacial score (nSPS) is 11.9. The molecule has 1 unspecified atom stereocenters. The predicted molar refractivity (Wildman–Crippen MR) is 71.1 cm³/mol. The van der Waals surface area contributed by atoms with Gasteiger partial charge in [0, 0.05) is 12.7 Å². The molecule has 0 heterocycles. The van der Waals surface area contributed by atoms with Crippen molar-refractivity contribution >= 4 is 11.7 Å². The number of nitro benzene ring substituents is 1. The molecule has 20 heavy (non-hydrogen) atoms. The fourth-order valence-corrected chi connectivity index (χ4v) is 1.81. The molecule has 1 atom stereocenters. The topological polar surface area (TPSA) is 98.9 Å². The summed E-state index contributed by atoms with van der Waals surface area (Å²) in [6.07, 6.45) is -1.15. The summed E-state index contributed by atoms with van der Waals surface area (Å²) >= 11 is 0. The van der Waals surface area contributed by atoms with Crippen molar-refractivity contribution in [2.45, 2.75) is 26.9 Å². The van der Waals surface area contributed by atoms with Crippen LogP contribution in [-0.4, -0.2) is 35.3 Å². The first kappa shape index (κ1) is 15.9. The molecule has 1 aromatic carbocycles. The van der Waals surface area contributed by atoms with E-state index in [0.29, 0.717) is 5.56 Å².